The number of nitrogens with two attached hydrogens (primary N) is 1. The number of ketones is 2. The first-order valence-corrected chi connectivity index (χ1v) is 25.5. The number of ether oxygens (including phenoxy) is 2. The number of hydrogen-bond acceptors (Lipinski definition) is 19. The topological polar surface area (TPSA) is 292 Å². The molecule has 24 nitrogen and oxygen atoms in total. The van der Waals surface area contributed by atoms with Crippen LogP contribution in [0.25, 0.3) is 11.3 Å². The van der Waals surface area contributed by atoms with Crippen molar-refractivity contribution in [1.82, 2.24) is 58.7 Å². The second-order valence-electron chi connectivity index (χ2n) is 19.7. The Balaban J connectivity index is 0.000000186. The van der Waals surface area contributed by atoms with E-state index in [1.165, 1.54) is 10.9 Å². The quantitative estimate of drug-likeness (QED) is 0.0319. The van der Waals surface area contributed by atoms with Gasteiger partial charge in [0.2, 0.25) is 29.5 Å². The van der Waals surface area contributed by atoms with Crippen molar-refractivity contribution in [2.75, 3.05) is 53.4 Å². The Morgan fingerprint density at radius 1 is 0.671 bits per heavy atom. The minimum absolute atomic E-state index is 0.000475. The number of carbonyl (C=O) groups is 2. The van der Waals surface area contributed by atoms with Gasteiger partial charge in [-0.2, -0.15) is 49.4 Å². The maximum Gasteiger partial charge on any atom is 0.318 e. The molecule has 6 N–H and O–H groups in total. The van der Waals surface area contributed by atoms with Gasteiger partial charge in [0.25, 0.3) is 0 Å². The third-order valence-corrected chi connectivity index (χ3v) is 13.1. The largest absolute Gasteiger partial charge is 0.396 e. The monoisotopic (exact) mass is 1040 g/mol. The summed E-state index contributed by atoms with van der Waals surface area (Å²) in [7, 11) is 3.30. The lowest BCUT2D eigenvalue weighted by molar-refractivity contribution is -0.385. The number of nitrogens with zero attached hydrogens (tertiary/aromatic N) is 13. The zero-order valence-electron chi connectivity index (χ0n) is 43.6. The van der Waals surface area contributed by atoms with Crippen LogP contribution >= 0.6 is 0 Å². The van der Waals surface area contributed by atoms with Gasteiger partial charge in [-0.1, -0.05) is 76.2 Å². The van der Waals surface area contributed by atoms with Gasteiger partial charge < -0.3 is 36.5 Å². The van der Waals surface area contributed by atoms with Crippen LogP contribution in [0.1, 0.15) is 120 Å². The molecule has 2 aliphatic rings. The lowest BCUT2D eigenvalue weighted by atomic mass is 10.0. The molecule has 2 fully saturated rings. The number of fused-ring (bicyclic) bond motifs is 2. The first kappa shape index (κ1) is 52.5. The van der Waals surface area contributed by atoms with Crippen LogP contribution in [0.4, 0.5) is 35.2 Å². The first-order valence-electron chi connectivity index (χ1n) is 25.5. The number of rotatable bonds is 19. The number of aromatic nitrogens is 12. The molecule has 0 spiro atoms. The molecule has 0 aliphatic carbocycles. The third-order valence-electron chi connectivity index (χ3n) is 13.1. The average molecular weight is 1040 g/mol. The van der Waals surface area contributed by atoms with E-state index in [0.717, 1.165) is 83.6 Å². The van der Waals surface area contributed by atoms with Gasteiger partial charge in [-0.3, -0.25) is 29.1 Å². The maximum absolute atomic E-state index is 12.8. The summed E-state index contributed by atoms with van der Waals surface area (Å²) in [6, 6.07) is 15.9. The predicted octanol–water partition coefficient (Wildman–Crippen LogP) is 6.71. The van der Waals surface area contributed by atoms with Gasteiger partial charge in [-0.15, -0.1) is 0 Å². The van der Waals surface area contributed by atoms with Crippen LogP contribution in [0.2, 0.25) is 0 Å². The van der Waals surface area contributed by atoms with E-state index in [4.69, 9.17) is 35.1 Å². The van der Waals surface area contributed by atoms with Crippen LogP contribution in [-0.4, -0.2) is 114 Å². The number of carbonyl (C=O) groups excluding carboxylic acids is 2. The number of nitrogen functional groups attached to an aromatic ring is 1. The molecule has 24 heteroatoms. The van der Waals surface area contributed by atoms with Gasteiger partial charge >= 0.3 is 5.69 Å². The van der Waals surface area contributed by atoms with Gasteiger partial charge in [0, 0.05) is 95.9 Å². The lowest BCUT2D eigenvalue weighted by Gasteiger charge is -2.23. The van der Waals surface area contributed by atoms with Crippen molar-refractivity contribution in [2.24, 2.45) is 14.1 Å². The molecule has 0 bridgehead atoms. The van der Waals surface area contributed by atoms with E-state index in [1.807, 2.05) is 60.9 Å². The van der Waals surface area contributed by atoms with Crippen molar-refractivity contribution in [1.29, 1.82) is 0 Å². The number of nitro groups is 1. The molecular weight excluding hydrogens is 973 g/mol. The molecule has 8 heterocycles. The molecule has 398 valence electrons. The predicted molar refractivity (Wildman–Crippen MR) is 286 cm³/mol. The normalized spacial score (nSPS) is 14.3. The van der Waals surface area contributed by atoms with Crippen molar-refractivity contribution >= 4 is 58.0 Å². The fourth-order valence-electron chi connectivity index (χ4n) is 9.14. The highest BCUT2D eigenvalue weighted by atomic mass is 16.6. The standard InChI is InChI=1S/C26H31N9O4.C26H33N9O2/c1-16(2)20-14-28-34-24(20)30-25(29-19-7-9-39-10-8-19)31-26(34)27-13-18-6-4-5-17(11-18)12-22(36)23-21(35(37)38)15-33(3)32-23;1-16(2)20-14-29-35-24(20)31-25(30-19-7-9-37-10-8-19)32-26(35)28-13-18-6-4-5-17(11-18)12-22(36)23-21(27)15-34(3)33-23/h4-6,11,14-16,19H,7-10,12-13H2,1-3H3,(H2,27,29,30,31);4-6,11,14-16,19H,7-10,12-13,27H2,1-3H3,(H2,28,30,31,32). The molecule has 0 radical (unpaired) electrons. The van der Waals surface area contributed by atoms with Gasteiger partial charge in [0.05, 0.1) is 23.0 Å². The van der Waals surface area contributed by atoms with Crippen LogP contribution in [0, 0.1) is 10.1 Å². The van der Waals surface area contributed by atoms with Crippen molar-refractivity contribution in [2.45, 2.75) is 103 Å². The van der Waals surface area contributed by atoms with E-state index >= 15 is 0 Å². The molecule has 2 saturated heterocycles. The fraction of sp³-hybridized carbons (Fsp3) is 0.423. The van der Waals surface area contributed by atoms with E-state index in [0.29, 0.717) is 61.5 Å². The molecule has 6 aromatic heterocycles. The number of anilines is 5. The molecule has 2 aliphatic heterocycles. The Morgan fingerprint density at radius 3 is 1.54 bits per heavy atom. The number of Topliss-reactive ketones (excluding diaryl/α,β-unsaturated/α-hetero) is 2. The first-order chi connectivity index (χ1) is 36.6. The van der Waals surface area contributed by atoms with E-state index in [9.17, 15) is 19.7 Å². The van der Waals surface area contributed by atoms with Crippen LogP contribution in [-0.2, 0) is 49.5 Å². The van der Waals surface area contributed by atoms with E-state index < -0.39 is 10.7 Å². The summed E-state index contributed by atoms with van der Waals surface area (Å²) >= 11 is 0. The third kappa shape index (κ3) is 12.6. The Morgan fingerprint density at radius 2 is 1.11 bits per heavy atom. The highest BCUT2D eigenvalue weighted by molar-refractivity contribution is 6.00. The Labute approximate surface area is 438 Å². The van der Waals surface area contributed by atoms with Crippen molar-refractivity contribution in [3.8, 4) is 0 Å². The molecule has 8 aromatic rings. The Bertz CT molecular complexity index is 3350. The molecule has 76 heavy (non-hydrogen) atoms. The zero-order chi connectivity index (χ0) is 53.5. The number of aryl methyl sites for hydroxylation is 2. The minimum Gasteiger partial charge on any atom is -0.396 e. The number of hydrogen-bond donors (Lipinski definition) is 5. The zero-order valence-corrected chi connectivity index (χ0v) is 43.6. The molecule has 0 unspecified atom stereocenters. The molecule has 2 aromatic carbocycles. The summed E-state index contributed by atoms with van der Waals surface area (Å²) in [5.74, 6) is 2.27. The molecule has 10 rings (SSSR count). The minimum atomic E-state index is -0.589. The van der Waals surface area contributed by atoms with Gasteiger partial charge in [-0.05, 0) is 59.8 Å². The lowest BCUT2D eigenvalue weighted by Crippen LogP contribution is -2.29. The van der Waals surface area contributed by atoms with Crippen LogP contribution in [0.5, 0.6) is 0 Å². The van der Waals surface area contributed by atoms with Crippen molar-refractivity contribution in [3.05, 3.63) is 128 Å². The van der Waals surface area contributed by atoms with Gasteiger partial charge in [0.1, 0.15) is 6.20 Å². The highest BCUT2D eigenvalue weighted by Crippen LogP contribution is 2.26. The highest BCUT2D eigenvalue weighted by Gasteiger charge is 2.26. The molecule has 0 saturated carbocycles. The van der Waals surface area contributed by atoms with E-state index in [-0.39, 0.29) is 53.9 Å². The summed E-state index contributed by atoms with van der Waals surface area (Å²) in [6.07, 6.45) is 10.4. The number of nitrogens with one attached hydrogen (secondary N) is 4. The molecule has 0 atom stereocenters. The van der Waals surface area contributed by atoms with Gasteiger partial charge in [-0.25, -0.2) is 0 Å². The molecular formula is C52H64N18O6. The van der Waals surface area contributed by atoms with Crippen LogP contribution < -0.4 is 27.0 Å². The molecule has 0 amide bonds. The Hall–Kier alpha value is -8.38. The summed E-state index contributed by atoms with van der Waals surface area (Å²) in [5.41, 5.74) is 13.4. The van der Waals surface area contributed by atoms with Crippen LogP contribution in [0.3, 0.4) is 0 Å². The van der Waals surface area contributed by atoms with Crippen molar-refractivity contribution in [3.63, 3.8) is 0 Å². The summed E-state index contributed by atoms with van der Waals surface area (Å²) in [4.78, 5) is 55.3. The SMILES string of the molecule is CC(C)c1cnn2c(NCc3cccc(CC(=O)c4nn(C)cc4N)c3)nc(NC3CCOCC3)nc12.CC(C)c1cnn2c(NCc3cccc(CC(=O)c4nn(C)cc4[N+](=O)[O-])c3)nc(NC3CCOCC3)nc12. The average Bonchev–Trinajstić information content (AvgIpc) is 4.22. The summed E-state index contributed by atoms with van der Waals surface area (Å²) in [5, 5.41) is 42.3. The second-order valence-corrected chi connectivity index (χ2v) is 19.7. The van der Waals surface area contributed by atoms with Gasteiger partial charge in [0.15, 0.2) is 28.6 Å². The van der Waals surface area contributed by atoms with Crippen LogP contribution in [0.15, 0.2) is 73.3 Å². The van der Waals surface area contributed by atoms with E-state index in [1.54, 1.807) is 34.0 Å². The van der Waals surface area contributed by atoms with Crippen molar-refractivity contribution < 1.29 is 24.0 Å². The Kier molecular flexibility index (Phi) is 16.2. The smallest absolute Gasteiger partial charge is 0.318 e. The number of benzene rings is 2. The second kappa shape index (κ2) is 23.4. The maximum atomic E-state index is 12.8. The summed E-state index contributed by atoms with van der Waals surface area (Å²) < 4.78 is 17.2. The summed E-state index contributed by atoms with van der Waals surface area (Å²) in [6.45, 7) is 12.3. The van der Waals surface area contributed by atoms with E-state index in [2.05, 4.69) is 69.4 Å². The fourth-order valence-corrected chi connectivity index (χ4v) is 9.14.